The Morgan fingerprint density at radius 3 is 2.28 bits per heavy atom. The Morgan fingerprint density at radius 1 is 1.02 bits per heavy atom. The molecule has 0 amide bonds. The van der Waals surface area contributed by atoms with Gasteiger partial charge < -0.3 is 40.7 Å². The second kappa shape index (κ2) is 15.9. The zero-order valence-corrected chi connectivity index (χ0v) is 30.4. The van der Waals surface area contributed by atoms with Crippen molar-refractivity contribution in [3.63, 3.8) is 0 Å². The molecule has 0 saturated carbocycles. The van der Waals surface area contributed by atoms with Crippen LogP contribution in [0.15, 0.2) is 12.7 Å². The first-order valence-corrected chi connectivity index (χ1v) is 18.5. The van der Waals surface area contributed by atoms with Crippen LogP contribution in [0.25, 0.3) is 11.2 Å². The van der Waals surface area contributed by atoms with Gasteiger partial charge in [0, 0.05) is 19.6 Å². The molecule has 1 aliphatic rings. The molecule has 1 fully saturated rings. The number of nitrogens with zero attached hydrogens (tertiary/aromatic N) is 4. The average Bonchev–Trinajstić information content (AvgIpc) is 3.58. The summed E-state index contributed by atoms with van der Waals surface area (Å²) in [5.41, 5.74) is 5.00. The molecule has 3 heterocycles. The molecule has 0 aromatic carbocycles. The molecule has 2 aromatic rings. The molecule has 5 atom stereocenters. The van der Waals surface area contributed by atoms with Crippen molar-refractivity contribution in [1.82, 2.24) is 19.5 Å². The minimum absolute atomic E-state index is 0.0141. The van der Waals surface area contributed by atoms with Gasteiger partial charge in [0.05, 0.1) is 23.6 Å². The molecule has 0 aliphatic carbocycles. The highest BCUT2D eigenvalue weighted by Crippen LogP contribution is 2.61. The third-order valence-corrected chi connectivity index (χ3v) is 12.1. The maximum absolute atomic E-state index is 13.3. The van der Waals surface area contributed by atoms with Crippen molar-refractivity contribution in [3.05, 3.63) is 12.7 Å². The molecule has 3 rings (SSSR count). The third-order valence-electron chi connectivity index (χ3n) is 9.80. The molecule has 270 valence electrons. The number of nitrogens with two attached hydrogens (primary N) is 1. The SMILES string of the molecule is CCC(CC)(CC1OC(n2cnc3c(NCC(C)(C)CCOC(C)(C)CCCN)ncnc32)C(O)C1O)OP(=O)(O)C(O)(CC)CC. The van der Waals surface area contributed by atoms with Gasteiger partial charge in [0.15, 0.2) is 28.6 Å². The number of aromatic nitrogens is 4. The van der Waals surface area contributed by atoms with E-state index in [2.05, 4.69) is 48.0 Å². The van der Waals surface area contributed by atoms with Crippen molar-refractivity contribution in [2.24, 2.45) is 11.1 Å². The molecule has 1 aliphatic heterocycles. The molecule has 0 spiro atoms. The summed E-state index contributed by atoms with van der Waals surface area (Å²) in [6.45, 7) is 17.2. The van der Waals surface area contributed by atoms with E-state index < -0.39 is 43.1 Å². The summed E-state index contributed by atoms with van der Waals surface area (Å²) in [4.78, 5) is 24.2. The van der Waals surface area contributed by atoms with Crippen molar-refractivity contribution in [2.45, 2.75) is 148 Å². The summed E-state index contributed by atoms with van der Waals surface area (Å²) in [5.74, 6) is 0.526. The molecule has 14 nitrogen and oxygen atoms in total. The van der Waals surface area contributed by atoms with E-state index in [-0.39, 0.29) is 30.3 Å². The summed E-state index contributed by atoms with van der Waals surface area (Å²) in [6.07, 6.45) is 1.62. The Bertz CT molecular complexity index is 1330. The van der Waals surface area contributed by atoms with E-state index in [9.17, 15) is 24.8 Å². The lowest BCUT2D eigenvalue weighted by atomic mass is 9.88. The van der Waals surface area contributed by atoms with E-state index in [4.69, 9.17) is 19.7 Å². The molecular formula is C32H59N6O8P. The maximum Gasteiger partial charge on any atom is 0.359 e. The molecule has 15 heteroatoms. The quantitative estimate of drug-likeness (QED) is 0.106. The van der Waals surface area contributed by atoms with E-state index in [1.807, 2.05) is 13.8 Å². The fraction of sp³-hybridized carbons (Fsp3) is 0.844. The van der Waals surface area contributed by atoms with Gasteiger partial charge in [0.1, 0.15) is 18.5 Å². The van der Waals surface area contributed by atoms with E-state index in [0.29, 0.717) is 49.5 Å². The van der Waals surface area contributed by atoms with Crippen molar-refractivity contribution in [3.8, 4) is 0 Å². The Balaban J connectivity index is 1.74. The number of imidazole rings is 1. The van der Waals surface area contributed by atoms with Crippen molar-refractivity contribution >= 4 is 24.6 Å². The van der Waals surface area contributed by atoms with E-state index in [0.717, 1.165) is 19.3 Å². The number of hydrogen-bond acceptors (Lipinski definition) is 12. The Labute approximate surface area is 279 Å². The van der Waals surface area contributed by atoms with Gasteiger partial charge >= 0.3 is 7.60 Å². The first-order chi connectivity index (χ1) is 21.9. The van der Waals surface area contributed by atoms with Gasteiger partial charge in [-0.25, -0.2) is 15.0 Å². The van der Waals surface area contributed by atoms with E-state index in [1.165, 1.54) is 12.7 Å². The Morgan fingerprint density at radius 2 is 1.68 bits per heavy atom. The number of hydrogen-bond donors (Lipinski definition) is 6. The Hall–Kier alpha value is -1.74. The van der Waals surface area contributed by atoms with Crippen LogP contribution in [0, 0.1) is 5.41 Å². The summed E-state index contributed by atoms with van der Waals surface area (Å²) >= 11 is 0. The van der Waals surface area contributed by atoms with Crippen molar-refractivity contribution in [1.29, 1.82) is 0 Å². The van der Waals surface area contributed by atoms with Crippen LogP contribution < -0.4 is 11.1 Å². The highest BCUT2D eigenvalue weighted by Gasteiger charge is 2.52. The number of rotatable bonds is 20. The fourth-order valence-corrected chi connectivity index (χ4v) is 7.81. The summed E-state index contributed by atoms with van der Waals surface area (Å²) in [6, 6.07) is 0. The number of ether oxygens (including phenoxy) is 2. The van der Waals surface area contributed by atoms with Gasteiger partial charge in [-0.15, -0.1) is 0 Å². The minimum Gasteiger partial charge on any atom is -0.388 e. The average molecular weight is 687 g/mol. The van der Waals surface area contributed by atoms with Crippen molar-refractivity contribution in [2.75, 3.05) is 25.0 Å². The normalized spacial score (nSPS) is 22.6. The van der Waals surface area contributed by atoms with Gasteiger partial charge in [-0.05, 0) is 70.8 Å². The van der Waals surface area contributed by atoms with Crippen LogP contribution in [0.2, 0.25) is 0 Å². The van der Waals surface area contributed by atoms with Gasteiger partial charge in [-0.2, -0.15) is 0 Å². The van der Waals surface area contributed by atoms with Crippen molar-refractivity contribution < 1.29 is 38.8 Å². The van der Waals surface area contributed by atoms with Crippen LogP contribution in [0.3, 0.4) is 0 Å². The van der Waals surface area contributed by atoms with Crippen LogP contribution in [-0.4, -0.2) is 94.3 Å². The van der Waals surface area contributed by atoms with Gasteiger partial charge in [0.25, 0.3) is 0 Å². The molecule has 0 bridgehead atoms. The van der Waals surface area contributed by atoms with Crippen LogP contribution >= 0.6 is 7.60 Å². The molecule has 1 saturated heterocycles. The molecule has 2 aromatic heterocycles. The number of anilines is 1. The van der Waals surface area contributed by atoms with E-state index in [1.54, 1.807) is 18.4 Å². The van der Waals surface area contributed by atoms with Crippen LogP contribution in [-0.2, 0) is 18.6 Å². The molecule has 47 heavy (non-hydrogen) atoms. The number of aliphatic hydroxyl groups excluding tert-OH is 2. The summed E-state index contributed by atoms with van der Waals surface area (Å²) in [7, 11) is -4.49. The molecule has 7 N–H and O–H groups in total. The topological polar surface area (TPSA) is 207 Å². The first kappa shape index (κ1) is 39.7. The fourth-order valence-electron chi connectivity index (χ4n) is 5.98. The highest BCUT2D eigenvalue weighted by atomic mass is 31.2. The minimum atomic E-state index is -4.49. The lowest BCUT2D eigenvalue weighted by Crippen LogP contribution is -2.42. The number of fused-ring (bicyclic) bond motifs is 1. The van der Waals surface area contributed by atoms with Gasteiger partial charge in [0.2, 0.25) is 0 Å². The van der Waals surface area contributed by atoms with E-state index >= 15 is 0 Å². The van der Waals surface area contributed by atoms with Gasteiger partial charge in [-0.3, -0.25) is 13.7 Å². The predicted octanol–water partition coefficient (Wildman–Crippen LogP) is 4.47. The standard InChI is InChI=1S/C32H59N6O8P/c1-9-31(10-2,46-47(42,43)32(41,11-3)12-4)18-22-24(39)25(40)28(45-22)38-21-37-23-26(35-20-36-27(23)38)34-19-29(5,6)15-17-44-30(7,8)14-13-16-33/h20-22,24-25,28,39-41H,9-19,33H2,1-8H3,(H,42,43)(H,34,35,36). The predicted molar refractivity (Wildman–Crippen MR) is 181 cm³/mol. The molecule has 0 radical (unpaired) electrons. The number of aliphatic hydroxyl groups is 3. The molecule has 5 unspecified atom stereocenters. The smallest absolute Gasteiger partial charge is 0.359 e. The monoisotopic (exact) mass is 686 g/mol. The highest BCUT2D eigenvalue weighted by molar-refractivity contribution is 7.54. The summed E-state index contributed by atoms with van der Waals surface area (Å²) < 4.78 is 33.1. The second-order valence-corrected chi connectivity index (χ2v) is 16.3. The maximum atomic E-state index is 13.3. The lowest BCUT2D eigenvalue weighted by molar-refractivity contribution is -0.0761. The third kappa shape index (κ3) is 9.29. The molecular weight excluding hydrogens is 627 g/mol. The lowest BCUT2D eigenvalue weighted by Gasteiger charge is -2.40. The summed E-state index contributed by atoms with van der Waals surface area (Å²) in [5, 5.41) is 34.5. The second-order valence-electron chi connectivity index (χ2n) is 14.3. The number of nitrogens with one attached hydrogen (secondary N) is 1. The zero-order chi connectivity index (χ0) is 35.3. The largest absolute Gasteiger partial charge is 0.388 e. The first-order valence-electron chi connectivity index (χ1n) is 17.0. The Kier molecular flexibility index (Phi) is 13.4. The van der Waals surface area contributed by atoms with Crippen LogP contribution in [0.1, 0.15) is 113 Å². The van der Waals surface area contributed by atoms with Crippen LogP contribution in [0.5, 0.6) is 0 Å². The zero-order valence-electron chi connectivity index (χ0n) is 29.5. The van der Waals surface area contributed by atoms with Gasteiger partial charge in [-0.1, -0.05) is 41.5 Å². The van der Waals surface area contributed by atoms with Crippen LogP contribution in [0.4, 0.5) is 5.82 Å².